The Labute approximate surface area is 217 Å². The molecule has 4 rings (SSSR count). The van der Waals surface area contributed by atoms with Gasteiger partial charge in [0.15, 0.2) is 0 Å². The van der Waals surface area contributed by atoms with Crippen molar-refractivity contribution >= 4 is 6.09 Å². The zero-order valence-corrected chi connectivity index (χ0v) is 21.8. The van der Waals surface area contributed by atoms with Crippen LogP contribution in [0.2, 0.25) is 0 Å². The van der Waals surface area contributed by atoms with Gasteiger partial charge in [-0.1, -0.05) is 91.0 Å². The van der Waals surface area contributed by atoms with Crippen LogP contribution in [0.1, 0.15) is 45.8 Å². The van der Waals surface area contributed by atoms with Crippen LogP contribution in [-0.4, -0.2) is 46.4 Å². The number of hydrogen-bond acceptors (Lipinski definition) is 4. The van der Waals surface area contributed by atoms with Gasteiger partial charge in [-0.15, -0.1) is 0 Å². The van der Waals surface area contributed by atoms with E-state index in [0.717, 1.165) is 16.7 Å². The van der Waals surface area contributed by atoms with Crippen molar-refractivity contribution in [1.82, 2.24) is 9.80 Å². The number of nitrogens with zero attached hydrogens (tertiary/aromatic N) is 2. The van der Waals surface area contributed by atoms with Crippen LogP contribution in [0.15, 0.2) is 91.0 Å². The Morgan fingerprint density at radius 1 is 0.889 bits per heavy atom. The first-order chi connectivity index (χ1) is 17.7. The highest BCUT2D eigenvalue weighted by molar-refractivity contribution is 5.70. The van der Waals surface area contributed by atoms with Gasteiger partial charge in [0.1, 0.15) is 12.3 Å². The monoisotopic (exact) mass is 487 g/mol. The molecular formula is C31H38N2O3. The fraction of sp³-hybridized carbons (Fsp3) is 0.387. The molecule has 36 heavy (non-hydrogen) atoms. The zero-order chi connectivity index (χ0) is 26.5. The molecule has 2 atom stereocenters. The number of amides is 1. The molecule has 0 N–H and O–H groups in total. The Hall–Kier alpha value is -3.15. The lowest BCUT2D eigenvalue weighted by atomic mass is 10.0. The van der Waals surface area contributed by atoms with Gasteiger partial charge in [0.2, 0.25) is 0 Å². The van der Waals surface area contributed by atoms with Crippen molar-refractivity contribution in [2.45, 2.75) is 64.5 Å². The quantitative estimate of drug-likeness (QED) is 0.356. The van der Waals surface area contributed by atoms with Crippen LogP contribution in [0.5, 0.6) is 0 Å². The van der Waals surface area contributed by atoms with Gasteiger partial charge in [0.25, 0.3) is 0 Å². The van der Waals surface area contributed by atoms with Gasteiger partial charge in [-0.25, -0.2) is 4.79 Å². The summed E-state index contributed by atoms with van der Waals surface area (Å²) in [6.07, 6.45) is 0.0514. The number of carbonyl (C=O) groups excluding carboxylic acids is 1. The van der Waals surface area contributed by atoms with Crippen LogP contribution in [-0.2, 0) is 29.0 Å². The van der Waals surface area contributed by atoms with E-state index in [1.807, 2.05) is 82.3 Å². The van der Waals surface area contributed by atoms with Crippen LogP contribution < -0.4 is 0 Å². The summed E-state index contributed by atoms with van der Waals surface area (Å²) >= 11 is 0. The van der Waals surface area contributed by atoms with E-state index in [0.29, 0.717) is 26.1 Å². The maximum atomic E-state index is 13.5. The summed E-state index contributed by atoms with van der Waals surface area (Å²) in [6.45, 7) is 8.21. The third-order valence-electron chi connectivity index (χ3n) is 6.64. The molecule has 190 valence electrons. The molecule has 1 saturated heterocycles. The second kappa shape index (κ2) is 11.3. The molecule has 0 unspecified atom stereocenters. The summed E-state index contributed by atoms with van der Waals surface area (Å²) in [5.74, 6) is 0. The van der Waals surface area contributed by atoms with E-state index < -0.39 is 23.9 Å². The number of hydrogen-bond donors (Lipinski definition) is 0. The van der Waals surface area contributed by atoms with Crippen molar-refractivity contribution in [3.8, 4) is 0 Å². The molecule has 0 aromatic heterocycles. The summed E-state index contributed by atoms with van der Waals surface area (Å²) in [5.41, 5.74) is 2.05. The molecule has 0 spiro atoms. The molecule has 0 bridgehead atoms. The SMILES string of the molecule is [2H][C@H](OC(=O)N1C(C)(C)COC1(C)C)[C@H](Cc1ccccc1)N(Cc1ccccc1)Cc1ccccc1. The van der Waals surface area contributed by atoms with Crippen molar-refractivity contribution in [2.75, 3.05) is 13.2 Å². The maximum absolute atomic E-state index is 13.5. The van der Waals surface area contributed by atoms with Crippen LogP contribution in [0.4, 0.5) is 4.79 Å². The van der Waals surface area contributed by atoms with Crippen LogP contribution >= 0.6 is 0 Å². The number of carbonyl (C=O) groups is 1. The van der Waals surface area contributed by atoms with E-state index in [1.54, 1.807) is 4.90 Å². The highest BCUT2D eigenvalue weighted by Gasteiger charge is 2.49. The molecule has 1 fully saturated rings. The molecule has 0 saturated carbocycles. The molecule has 1 heterocycles. The Morgan fingerprint density at radius 2 is 1.36 bits per heavy atom. The molecule has 5 heteroatoms. The van der Waals surface area contributed by atoms with E-state index in [9.17, 15) is 4.79 Å². The second-order valence-corrected chi connectivity index (χ2v) is 10.5. The largest absolute Gasteiger partial charge is 0.448 e. The molecule has 3 aromatic carbocycles. The summed E-state index contributed by atoms with van der Waals surface area (Å²) in [4.78, 5) is 17.3. The Balaban J connectivity index is 1.64. The van der Waals surface area contributed by atoms with E-state index in [1.165, 1.54) is 0 Å². The zero-order valence-electron chi connectivity index (χ0n) is 22.8. The van der Waals surface area contributed by atoms with Gasteiger partial charge in [0.05, 0.1) is 13.5 Å². The molecule has 1 aliphatic rings. The minimum atomic E-state index is -1.10. The lowest BCUT2D eigenvalue weighted by molar-refractivity contribution is -0.0552. The predicted molar refractivity (Wildman–Crippen MR) is 143 cm³/mol. The van der Waals surface area contributed by atoms with E-state index in [2.05, 4.69) is 41.3 Å². The van der Waals surface area contributed by atoms with E-state index in [-0.39, 0.29) is 6.04 Å². The smallest absolute Gasteiger partial charge is 0.412 e. The van der Waals surface area contributed by atoms with Crippen molar-refractivity contribution in [3.05, 3.63) is 108 Å². The number of rotatable bonds is 9. The van der Waals surface area contributed by atoms with Gasteiger partial charge in [-0.2, -0.15) is 0 Å². The predicted octanol–water partition coefficient (Wildman–Crippen LogP) is 6.28. The molecule has 1 aliphatic heterocycles. The van der Waals surface area contributed by atoms with Crippen molar-refractivity contribution in [1.29, 1.82) is 0 Å². The van der Waals surface area contributed by atoms with E-state index in [4.69, 9.17) is 10.8 Å². The lowest BCUT2D eigenvalue weighted by Gasteiger charge is -2.38. The van der Waals surface area contributed by atoms with E-state index >= 15 is 0 Å². The fourth-order valence-corrected chi connectivity index (χ4v) is 4.91. The average Bonchev–Trinajstić information content (AvgIpc) is 3.10. The van der Waals surface area contributed by atoms with Gasteiger partial charge >= 0.3 is 6.09 Å². The lowest BCUT2D eigenvalue weighted by Crippen LogP contribution is -2.53. The molecular weight excluding hydrogens is 448 g/mol. The fourth-order valence-electron chi connectivity index (χ4n) is 4.91. The average molecular weight is 488 g/mol. The Bertz CT molecular complexity index is 1080. The summed E-state index contributed by atoms with van der Waals surface area (Å²) < 4.78 is 21.0. The normalized spacial score (nSPS) is 18.5. The number of benzene rings is 3. The van der Waals surface area contributed by atoms with Crippen molar-refractivity contribution in [3.63, 3.8) is 0 Å². The molecule has 5 nitrogen and oxygen atoms in total. The first-order valence-corrected chi connectivity index (χ1v) is 12.6. The molecule has 1 amide bonds. The van der Waals surface area contributed by atoms with Gasteiger partial charge in [-0.3, -0.25) is 9.80 Å². The van der Waals surface area contributed by atoms with Crippen LogP contribution in [0.25, 0.3) is 0 Å². The standard InChI is InChI=1S/C31H38N2O3/c1-30(2)24-36-31(3,4)33(30)29(34)35-23-28(20-25-14-8-5-9-15-25)32(21-26-16-10-6-11-17-26)22-27-18-12-7-13-19-27/h5-19,28H,20-24H2,1-4H3/t28-/m0/s1/i23D/t23-,28-. The number of ether oxygens (including phenoxy) is 2. The minimum absolute atomic E-state index is 0.374. The maximum Gasteiger partial charge on any atom is 0.412 e. The summed E-state index contributed by atoms with van der Waals surface area (Å²) in [6, 6.07) is 30.2. The highest BCUT2D eigenvalue weighted by atomic mass is 16.6. The van der Waals surface area contributed by atoms with Gasteiger partial charge in [0, 0.05) is 19.1 Å². The van der Waals surface area contributed by atoms with Crippen molar-refractivity contribution < 1.29 is 15.6 Å². The second-order valence-electron chi connectivity index (χ2n) is 10.5. The third kappa shape index (κ3) is 6.54. The third-order valence-corrected chi connectivity index (χ3v) is 6.64. The first kappa shape index (κ1) is 24.5. The molecule has 3 aromatic rings. The Kier molecular flexibility index (Phi) is 7.69. The molecule has 0 radical (unpaired) electrons. The summed E-state index contributed by atoms with van der Waals surface area (Å²) in [7, 11) is 0. The van der Waals surface area contributed by atoms with Gasteiger partial charge < -0.3 is 9.47 Å². The van der Waals surface area contributed by atoms with Gasteiger partial charge in [-0.05, 0) is 50.8 Å². The molecule has 0 aliphatic carbocycles. The van der Waals surface area contributed by atoms with Crippen molar-refractivity contribution in [2.24, 2.45) is 0 Å². The first-order valence-electron chi connectivity index (χ1n) is 13.2. The minimum Gasteiger partial charge on any atom is -0.448 e. The Morgan fingerprint density at radius 3 is 1.81 bits per heavy atom. The highest BCUT2D eigenvalue weighted by Crippen LogP contribution is 2.35. The topological polar surface area (TPSA) is 42.0 Å². The van der Waals surface area contributed by atoms with Crippen LogP contribution in [0, 0.1) is 0 Å². The summed E-state index contributed by atoms with van der Waals surface area (Å²) in [5, 5.41) is 0. The van der Waals surface area contributed by atoms with Crippen LogP contribution in [0.3, 0.4) is 0 Å².